The molecule has 1 saturated heterocycles. The average Bonchev–Trinajstić information content (AvgIpc) is 2.72. The van der Waals surface area contributed by atoms with E-state index in [2.05, 4.69) is 26.1 Å². The number of fused-ring (bicyclic) bond motifs is 2. The van der Waals surface area contributed by atoms with Crippen LogP contribution >= 0.6 is 0 Å². The van der Waals surface area contributed by atoms with E-state index >= 15 is 0 Å². The minimum absolute atomic E-state index is 0.0262. The Morgan fingerprint density at radius 1 is 1.30 bits per heavy atom. The van der Waals surface area contributed by atoms with Gasteiger partial charge in [0.05, 0.1) is 6.10 Å². The van der Waals surface area contributed by atoms with E-state index in [1.54, 1.807) is 4.90 Å². The zero-order valence-electron chi connectivity index (χ0n) is 13.0. The Balaban J connectivity index is 1.66. The van der Waals surface area contributed by atoms with Crippen molar-refractivity contribution in [2.75, 3.05) is 13.1 Å². The Bertz CT molecular complexity index is 409. The van der Waals surface area contributed by atoms with Crippen LogP contribution in [0.25, 0.3) is 0 Å². The van der Waals surface area contributed by atoms with E-state index in [9.17, 15) is 9.90 Å². The van der Waals surface area contributed by atoms with Gasteiger partial charge in [-0.1, -0.05) is 20.8 Å². The van der Waals surface area contributed by atoms with Crippen LogP contribution in [0.15, 0.2) is 0 Å². The van der Waals surface area contributed by atoms with Crippen molar-refractivity contribution in [2.24, 2.45) is 16.7 Å². The van der Waals surface area contributed by atoms with E-state index < -0.39 is 0 Å². The van der Waals surface area contributed by atoms with Gasteiger partial charge in [0.15, 0.2) is 0 Å². The van der Waals surface area contributed by atoms with E-state index in [-0.39, 0.29) is 17.6 Å². The van der Waals surface area contributed by atoms with Crippen LogP contribution in [0.3, 0.4) is 0 Å². The summed E-state index contributed by atoms with van der Waals surface area (Å²) < 4.78 is 0. The molecular formula is C16H28N2O2. The average molecular weight is 280 g/mol. The molecule has 1 aliphatic heterocycles. The number of nitrogens with zero attached hydrogens (tertiary/aromatic N) is 1. The third-order valence-electron chi connectivity index (χ3n) is 6.78. The maximum absolute atomic E-state index is 12.4. The first kappa shape index (κ1) is 14.2. The Morgan fingerprint density at radius 3 is 2.60 bits per heavy atom. The summed E-state index contributed by atoms with van der Waals surface area (Å²) in [5.74, 6) is 0.741. The van der Waals surface area contributed by atoms with Gasteiger partial charge in [-0.3, -0.25) is 0 Å². The molecular weight excluding hydrogens is 252 g/mol. The number of urea groups is 1. The normalized spacial score (nSPS) is 42.8. The van der Waals surface area contributed by atoms with Crippen molar-refractivity contribution in [3.63, 3.8) is 0 Å². The zero-order valence-corrected chi connectivity index (χ0v) is 13.0. The predicted molar refractivity (Wildman–Crippen MR) is 78.4 cm³/mol. The molecule has 0 aromatic rings. The second kappa shape index (κ2) is 4.62. The van der Waals surface area contributed by atoms with Gasteiger partial charge in [-0.05, 0) is 48.9 Å². The number of aliphatic hydroxyl groups excluding tert-OH is 1. The molecule has 4 atom stereocenters. The van der Waals surface area contributed by atoms with Crippen molar-refractivity contribution in [2.45, 2.75) is 65.0 Å². The quantitative estimate of drug-likeness (QED) is 0.775. The topological polar surface area (TPSA) is 52.6 Å². The van der Waals surface area contributed by atoms with Crippen molar-refractivity contribution in [3.8, 4) is 0 Å². The van der Waals surface area contributed by atoms with Gasteiger partial charge in [-0.2, -0.15) is 0 Å². The first-order valence-corrected chi connectivity index (χ1v) is 8.08. The van der Waals surface area contributed by atoms with E-state index in [0.29, 0.717) is 18.0 Å². The monoisotopic (exact) mass is 280 g/mol. The highest BCUT2D eigenvalue weighted by molar-refractivity contribution is 5.75. The first-order valence-electron chi connectivity index (χ1n) is 8.08. The van der Waals surface area contributed by atoms with Crippen LogP contribution in [0.4, 0.5) is 4.79 Å². The molecule has 2 N–H and O–H groups in total. The number of β-amino-alcohol motifs (C(OH)–C–C–N with tert-alkyl or cyclic N) is 1. The summed E-state index contributed by atoms with van der Waals surface area (Å²) in [5, 5.41) is 13.0. The fourth-order valence-corrected chi connectivity index (χ4v) is 4.80. The molecule has 3 fully saturated rings. The Kier molecular flexibility index (Phi) is 3.27. The summed E-state index contributed by atoms with van der Waals surface area (Å²) in [6.07, 6.45) is 5.02. The highest BCUT2D eigenvalue weighted by atomic mass is 16.3. The Labute approximate surface area is 121 Å². The van der Waals surface area contributed by atoms with Gasteiger partial charge in [-0.15, -0.1) is 0 Å². The van der Waals surface area contributed by atoms with Crippen LogP contribution in [0.2, 0.25) is 0 Å². The third-order valence-corrected chi connectivity index (χ3v) is 6.78. The molecule has 20 heavy (non-hydrogen) atoms. The molecule has 114 valence electrons. The van der Waals surface area contributed by atoms with E-state index in [1.165, 1.54) is 12.8 Å². The van der Waals surface area contributed by atoms with Crippen molar-refractivity contribution in [1.82, 2.24) is 10.2 Å². The van der Waals surface area contributed by atoms with Crippen LogP contribution in [0.5, 0.6) is 0 Å². The van der Waals surface area contributed by atoms with Gasteiger partial charge in [0.2, 0.25) is 0 Å². The number of carbonyl (C=O) groups excluding carboxylic acids is 1. The number of rotatable bonds is 1. The van der Waals surface area contributed by atoms with Crippen molar-refractivity contribution < 1.29 is 9.90 Å². The molecule has 3 aliphatic rings. The molecule has 0 spiro atoms. The second-order valence-corrected chi connectivity index (χ2v) is 7.85. The smallest absolute Gasteiger partial charge is 0.317 e. The fraction of sp³-hybridized carbons (Fsp3) is 0.938. The molecule has 4 nitrogen and oxygen atoms in total. The van der Waals surface area contributed by atoms with Gasteiger partial charge in [0, 0.05) is 19.1 Å². The zero-order chi connectivity index (χ0) is 14.5. The molecule has 2 saturated carbocycles. The number of piperidine rings is 1. The minimum Gasteiger partial charge on any atom is -0.391 e. The van der Waals surface area contributed by atoms with E-state index in [1.807, 2.05) is 0 Å². The van der Waals surface area contributed by atoms with Crippen molar-refractivity contribution in [3.05, 3.63) is 0 Å². The number of hydrogen-bond donors (Lipinski definition) is 2. The summed E-state index contributed by atoms with van der Waals surface area (Å²) in [5.41, 5.74) is 0.550. The number of carbonyl (C=O) groups is 1. The van der Waals surface area contributed by atoms with Crippen LogP contribution in [-0.4, -0.2) is 41.3 Å². The standard InChI is InChI=1S/C16H28N2O2/c1-15(2)11-6-7-16(15,3)13(9-11)17-14(20)18-8-4-5-12(19)10-18/h11-13,19H,4-10H2,1-3H3,(H,17,20)/t11-,12+,13+,16-/m0/s1. The van der Waals surface area contributed by atoms with Gasteiger partial charge in [0.1, 0.15) is 0 Å². The summed E-state index contributed by atoms with van der Waals surface area (Å²) in [6.45, 7) is 8.33. The lowest BCUT2D eigenvalue weighted by atomic mass is 9.69. The lowest BCUT2D eigenvalue weighted by Gasteiger charge is -2.40. The number of hydrogen-bond acceptors (Lipinski definition) is 2. The highest BCUT2D eigenvalue weighted by Gasteiger charge is 2.61. The summed E-state index contributed by atoms with van der Waals surface area (Å²) >= 11 is 0. The summed E-state index contributed by atoms with van der Waals surface area (Å²) in [6, 6.07) is 0.321. The van der Waals surface area contributed by atoms with Crippen LogP contribution < -0.4 is 5.32 Å². The molecule has 3 rings (SSSR count). The summed E-state index contributed by atoms with van der Waals surface area (Å²) in [4.78, 5) is 14.2. The van der Waals surface area contributed by atoms with Crippen LogP contribution in [0.1, 0.15) is 52.9 Å². The molecule has 2 bridgehead atoms. The molecule has 0 radical (unpaired) electrons. The van der Waals surface area contributed by atoms with E-state index in [4.69, 9.17) is 0 Å². The van der Waals surface area contributed by atoms with Crippen LogP contribution in [-0.2, 0) is 0 Å². The Hall–Kier alpha value is -0.770. The summed E-state index contributed by atoms with van der Waals surface area (Å²) in [7, 11) is 0. The molecule has 2 amide bonds. The number of aliphatic hydroxyl groups is 1. The fourth-order valence-electron chi connectivity index (χ4n) is 4.80. The second-order valence-electron chi connectivity index (χ2n) is 7.85. The minimum atomic E-state index is -0.346. The van der Waals surface area contributed by atoms with Gasteiger partial charge >= 0.3 is 6.03 Å². The lowest BCUT2D eigenvalue weighted by molar-refractivity contribution is 0.0768. The Morgan fingerprint density at radius 2 is 2.05 bits per heavy atom. The van der Waals surface area contributed by atoms with E-state index in [0.717, 1.165) is 31.7 Å². The van der Waals surface area contributed by atoms with Crippen molar-refractivity contribution in [1.29, 1.82) is 0 Å². The molecule has 0 aromatic carbocycles. The molecule has 0 aromatic heterocycles. The third kappa shape index (κ3) is 1.95. The number of nitrogens with one attached hydrogen (secondary N) is 1. The number of amides is 2. The largest absolute Gasteiger partial charge is 0.391 e. The lowest BCUT2D eigenvalue weighted by Crippen LogP contribution is -2.53. The maximum atomic E-state index is 12.4. The highest BCUT2D eigenvalue weighted by Crippen LogP contribution is 2.65. The first-order chi connectivity index (χ1) is 9.34. The molecule has 2 aliphatic carbocycles. The van der Waals surface area contributed by atoms with Crippen molar-refractivity contribution >= 4 is 6.03 Å². The molecule has 4 heteroatoms. The SMILES string of the molecule is CC1(C)[C@H]2CC[C@@]1(C)[C@H](NC(=O)N1CCC[C@@H](O)C1)C2. The van der Waals surface area contributed by atoms with Gasteiger partial charge in [-0.25, -0.2) is 4.79 Å². The van der Waals surface area contributed by atoms with Crippen LogP contribution in [0, 0.1) is 16.7 Å². The van der Waals surface area contributed by atoms with Gasteiger partial charge < -0.3 is 15.3 Å². The predicted octanol–water partition coefficient (Wildman–Crippen LogP) is 2.37. The maximum Gasteiger partial charge on any atom is 0.317 e. The molecule has 0 unspecified atom stereocenters. The molecule has 1 heterocycles. The number of likely N-dealkylation sites (tertiary alicyclic amines) is 1. The van der Waals surface area contributed by atoms with Gasteiger partial charge in [0.25, 0.3) is 0 Å².